The lowest BCUT2D eigenvalue weighted by atomic mass is 9.93. The maximum absolute atomic E-state index is 11.8. The zero-order chi connectivity index (χ0) is 16.6. The number of halogens is 1. The first-order chi connectivity index (χ1) is 10.4. The Morgan fingerprint density at radius 2 is 2.09 bits per heavy atom. The molecule has 0 aliphatic rings. The lowest BCUT2D eigenvalue weighted by molar-refractivity contribution is -0.128. The van der Waals surface area contributed by atoms with E-state index in [4.69, 9.17) is 0 Å². The summed E-state index contributed by atoms with van der Waals surface area (Å²) in [4.78, 5) is 17.7. The number of guanidine groups is 1. The molecule has 1 aromatic heterocycles. The van der Waals surface area contributed by atoms with Crippen molar-refractivity contribution >= 4 is 47.2 Å². The van der Waals surface area contributed by atoms with E-state index in [0.717, 1.165) is 19.0 Å². The lowest BCUT2D eigenvalue weighted by Gasteiger charge is -2.21. The van der Waals surface area contributed by atoms with Gasteiger partial charge in [0.1, 0.15) is 0 Å². The van der Waals surface area contributed by atoms with Gasteiger partial charge in [-0.3, -0.25) is 9.79 Å². The number of nitrogens with zero attached hydrogens (tertiary/aromatic N) is 1. The molecule has 1 atom stereocenters. The summed E-state index contributed by atoms with van der Waals surface area (Å²) in [5, 5.41) is 11.4. The van der Waals surface area contributed by atoms with Gasteiger partial charge in [0.05, 0.1) is 12.0 Å². The van der Waals surface area contributed by atoms with Crippen LogP contribution < -0.4 is 16.0 Å². The third-order valence-corrected chi connectivity index (χ3v) is 4.53. The molecule has 0 aromatic carbocycles. The van der Waals surface area contributed by atoms with E-state index in [1.54, 1.807) is 18.4 Å². The number of nitrogens with one attached hydrogen (secondary N) is 3. The van der Waals surface area contributed by atoms with Crippen LogP contribution in [0.2, 0.25) is 0 Å². The molecule has 0 aliphatic carbocycles. The van der Waals surface area contributed by atoms with Gasteiger partial charge in [-0.2, -0.15) is 0 Å². The third-order valence-electron chi connectivity index (χ3n) is 3.42. The number of hydrogen-bond acceptors (Lipinski definition) is 3. The quantitative estimate of drug-likeness (QED) is 0.339. The van der Waals surface area contributed by atoms with Crippen LogP contribution in [-0.2, 0) is 4.79 Å². The Labute approximate surface area is 160 Å². The van der Waals surface area contributed by atoms with Crippen LogP contribution in [0.25, 0.3) is 0 Å². The number of amides is 1. The zero-order valence-corrected chi connectivity index (χ0v) is 17.7. The van der Waals surface area contributed by atoms with Gasteiger partial charge in [0, 0.05) is 30.9 Å². The van der Waals surface area contributed by atoms with Gasteiger partial charge in [-0.15, -0.1) is 35.3 Å². The molecular weight excluding hydrogens is 423 g/mol. The van der Waals surface area contributed by atoms with Gasteiger partial charge >= 0.3 is 0 Å². The average molecular weight is 452 g/mol. The van der Waals surface area contributed by atoms with E-state index >= 15 is 0 Å². The normalized spacial score (nSPS) is 13.0. The summed E-state index contributed by atoms with van der Waals surface area (Å²) in [6.45, 7) is 10.1. The van der Waals surface area contributed by atoms with Gasteiger partial charge in [-0.05, 0) is 32.2 Å². The maximum Gasteiger partial charge on any atom is 0.227 e. The molecule has 0 fully saturated rings. The van der Waals surface area contributed by atoms with Crippen LogP contribution in [0, 0.1) is 5.41 Å². The topological polar surface area (TPSA) is 65.5 Å². The van der Waals surface area contributed by atoms with Gasteiger partial charge in [-0.25, -0.2) is 0 Å². The molecule has 1 amide bonds. The van der Waals surface area contributed by atoms with Gasteiger partial charge in [0.2, 0.25) is 5.91 Å². The summed E-state index contributed by atoms with van der Waals surface area (Å²) in [5.74, 6) is 1.18. The number of carbonyl (C=O) groups is 1. The minimum Gasteiger partial charge on any atom is -0.359 e. The smallest absolute Gasteiger partial charge is 0.227 e. The summed E-state index contributed by atoms with van der Waals surface area (Å²) < 4.78 is 0. The molecule has 132 valence electrons. The molecule has 0 aliphatic heterocycles. The Balaban J connectivity index is 0.00000484. The molecule has 1 unspecified atom stereocenters. The van der Waals surface area contributed by atoms with Crippen LogP contribution in [0.3, 0.4) is 0 Å². The Kier molecular flexibility index (Phi) is 10.5. The van der Waals surface area contributed by atoms with Crippen LogP contribution in [0.15, 0.2) is 22.5 Å². The van der Waals surface area contributed by atoms with Crippen LogP contribution in [-0.4, -0.2) is 38.5 Å². The minimum atomic E-state index is -0.517. The summed E-state index contributed by atoms with van der Waals surface area (Å²) in [6, 6.07) is 4.22. The summed E-state index contributed by atoms with van der Waals surface area (Å²) >= 11 is 1.77. The highest BCUT2D eigenvalue weighted by Crippen LogP contribution is 2.19. The SMILES string of the molecule is CCNC(=NCC(C)(C)C(=O)NC)NCC(C)c1cccs1.I. The molecule has 5 nitrogen and oxygen atoms in total. The van der Waals surface area contributed by atoms with Crippen LogP contribution >= 0.6 is 35.3 Å². The van der Waals surface area contributed by atoms with Crippen molar-refractivity contribution in [1.82, 2.24) is 16.0 Å². The molecule has 1 heterocycles. The van der Waals surface area contributed by atoms with Crippen molar-refractivity contribution in [2.24, 2.45) is 10.4 Å². The van der Waals surface area contributed by atoms with E-state index in [0.29, 0.717) is 12.5 Å². The third kappa shape index (κ3) is 7.52. The average Bonchev–Trinajstić information content (AvgIpc) is 3.03. The molecule has 0 saturated heterocycles. The predicted molar refractivity (Wildman–Crippen MR) is 110 cm³/mol. The summed E-state index contributed by atoms with van der Waals surface area (Å²) in [7, 11) is 1.65. The Bertz CT molecular complexity index is 488. The van der Waals surface area contributed by atoms with E-state index in [-0.39, 0.29) is 29.9 Å². The predicted octanol–water partition coefficient (Wildman–Crippen LogP) is 2.80. The number of hydrogen-bond donors (Lipinski definition) is 3. The Morgan fingerprint density at radius 3 is 2.61 bits per heavy atom. The zero-order valence-electron chi connectivity index (χ0n) is 14.6. The molecule has 1 rings (SSSR count). The number of rotatable bonds is 7. The molecule has 0 saturated carbocycles. The first-order valence-corrected chi connectivity index (χ1v) is 8.56. The monoisotopic (exact) mass is 452 g/mol. The second-order valence-electron chi connectivity index (χ2n) is 5.96. The van der Waals surface area contributed by atoms with E-state index in [1.165, 1.54) is 4.88 Å². The second kappa shape index (κ2) is 10.9. The van der Waals surface area contributed by atoms with Crippen molar-refractivity contribution in [3.8, 4) is 0 Å². The summed E-state index contributed by atoms with van der Waals surface area (Å²) in [5.41, 5.74) is -0.517. The fourth-order valence-electron chi connectivity index (χ4n) is 1.95. The first kappa shape index (κ1) is 22.2. The van der Waals surface area contributed by atoms with E-state index < -0.39 is 5.41 Å². The standard InChI is InChI=1S/C16H28N4OS.HI/c1-6-18-15(20-11-16(3,4)14(21)17-5)19-10-12(2)13-8-7-9-22-13;/h7-9,12H,6,10-11H2,1-5H3,(H,17,21)(H2,18,19,20);1H. The van der Waals surface area contributed by atoms with Crippen molar-refractivity contribution in [1.29, 1.82) is 0 Å². The molecule has 7 heteroatoms. The van der Waals surface area contributed by atoms with Crippen LogP contribution in [0.4, 0.5) is 0 Å². The lowest BCUT2D eigenvalue weighted by Crippen LogP contribution is -2.41. The van der Waals surface area contributed by atoms with E-state index in [1.807, 2.05) is 20.8 Å². The molecule has 1 aromatic rings. The molecular formula is C16H29IN4OS. The van der Waals surface area contributed by atoms with E-state index in [2.05, 4.69) is 45.4 Å². The Hall–Kier alpha value is -0.830. The van der Waals surface area contributed by atoms with E-state index in [9.17, 15) is 4.79 Å². The number of thiophene rings is 1. The van der Waals surface area contributed by atoms with Crippen molar-refractivity contribution in [2.75, 3.05) is 26.7 Å². The van der Waals surface area contributed by atoms with Crippen molar-refractivity contribution in [3.05, 3.63) is 22.4 Å². The second-order valence-corrected chi connectivity index (χ2v) is 6.93. The van der Waals surface area contributed by atoms with Crippen molar-refractivity contribution in [2.45, 2.75) is 33.6 Å². The maximum atomic E-state index is 11.8. The fourth-order valence-corrected chi connectivity index (χ4v) is 2.74. The fraction of sp³-hybridized carbons (Fsp3) is 0.625. The molecule has 0 bridgehead atoms. The molecule has 23 heavy (non-hydrogen) atoms. The molecule has 0 spiro atoms. The molecule has 3 N–H and O–H groups in total. The Morgan fingerprint density at radius 1 is 1.39 bits per heavy atom. The van der Waals surface area contributed by atoms with Crippen molar-refractivity contribution in [3.63, 3.8) is 0 Å². The minimum absolute atomic E-state index is 0. The van der Waals surface area contributed by atoms with Crippen molar-refractivity contribution < 1.29 is 4.79 Å². The number of aliphatic imine (C=N–C) groups is 1. The number of carbonyl (C=O) groups excluding carboxylic acids is 1. The van der Waals surface area contributed by atoms with Gasteiger partial charge < -0.3 is 16.0 Å². The summed E-state index contributed by atoms with van der Waals surface area (Å²) in [6.07, 6.45) is 0. The highest BCUT2D eigenvalue weighted by atomic mass is 127. The largest absolute Gasteiger partial charge is 0.359 e. The van der Waals surface area contributed by atoms with Gasteiger partial charge in [0.25, 0.3) is 0 Å². The highest BCUT2D eigenvalue weighted by molar-refractivity contribution is 14.0. The molecule has 0 radical (unpaired) electrons. The van der Waals surface area contributed by atoms with Gasteiger partial charge in [-0.1, -0.05) is 13.0 Å². The van der Waals surface area contributed by atoms with Crippen LogP contribution in [0.5, 0.6) is 0 Å². The van der Waals surface area contributed by atoms with Gasteiger partial charge in [0.15, 0.2) is 5.96 Å². The van der Waals surface area contributed by atoms with Crippen LogP contribution in [0.1, 0.15) is 38.5 Å². The highest BCUT2D eigenvalue weighted by Gasteiger charge is 2.26. The first-order valence-electron chi connectivity index (χ1n) is 7.68.